The lowest BCUT2D eigenvalue weighted by atomic mass is 10.1. The predicted octanol–water partition coefficient (Wildman–Crippen LogP) is 5.76. The zero-order valence-electron chi connectivity index (χ0n) is 15.6. The number of thioether (sulfide) groups is 1. The highest BCUT2D eigenvalue weighted by atomic mass is 32.2. The average molecular weight is 468 g/mol. The van der Waals surface area contributed by atoms with Gasteiger partial charge in [-0.3, -0.25) is 14.9 Å². The summed E-state index contributed by atoms with van der Waals surface area (Å²) in [5, 5.41) is 13.3. The van der Waals surface area contributed by atoms with Crippen LogP contribution in [0.25, 0.3) is 0 Å². The molecule has 168 valence electrons. The summed E-state index contributed by atoms with van der Waals surface area (Å²) >= 11 is 0.567. The fraction of sp³-hybridized carbons (Fsp3) is 0.278. The van der Waals surface area contributed by atoms with Crippen LogP contribution in [0.4, 0.5) is 37.7 Å². The van der Waals surface area contributed by atoms with E-state index in [1.165, 1.54) is 0 Å². The summed E-state index contributed by atoms with van der Waals surface area (Å²) in [5.74, 6) is -1.36. The van der Waals surface area contributed by atoms with Gasteiger partial charge in [-0.25, -0.2) is 0 Å². The minimum atomic E-state index is -4.79. The van der Waals surface area contributed by atoms with Gasteiger partial charge in [-0.05, 0) is 37.3 Å². The van der Waals surface area contributed by atoms with Gasteiger partial charge in [0.05, 0.1) is 39.0 Å². The molecule has 2 aromatic carbocycles. The maximum atomic E-state index is 12.9. The summed E-state index contributed by atoms with van der Waals surface area (Å²) in [6.07, 6.45) is -9.45. The van der Waals surface area contributed by atoms with Crippen molar-refractivity contribution in [2.45, 2.75) is 24.2 Å². The molecule has 0 aromatic heterocycles. The van der Waals surface area contributed by atoms with Crippen molar-refractivity contribution in [1.82, 2.24) is 0 Å². The first-order valence-corrected chi connectivity index (χ1v) is 9.43. The van der Waals surface area contributed by atoms with Gasteiger partial charge in [-0.2, -0.15) is 26.3 Å². The summed E-state index contributed by atoms with van der Waals surface area (Å²) in [7, 11) is 0. The van der Waals surface area contributed by atoms with E-state index in [9.17, 15) is 41.3 Å². The number of ether oxygens (including phenoxy) is 1. The van der Waals surface area contributed by atoms with E-state index in [1.807, 2.05) is 0 Å². The molecule has 1 N–H and O–H groups in total. The number of benzene rings is 2. The number of nitrogens with zero attached hydrogens (tertiary/aromatic N) is 1. The van der Waals surface area contributed by atoms with Gasteiger partial charge in [0.1, 0.15) is 5.75 Å². The minimum Gasteiger partial charge on any atom is -0.492 e. The summed E-state index contributed by atoms with van der Waals surface area (Å²) in [6.45, 7) is 1.70. The Labute approximate surface area is 175 Å². The van der Waals surface area contributed by atoms with E-state index in [1.54, 1.807) is 6.92 Å². The van der Waals surface area contributed by atoms with Gasteiger partial charge < -0.3 is 10.1 Å². The van der Waals surface area contributed by atoms with Crippen molar-refractivity contribution in [1.29, 1.82) is 0 Å². The Morgan fingerprint density at radius 3 is 2.19 bits per heavy atom. The lowest BCUT2D eigenvalue weighted by Gasteiger charge is -2.14. The molecule has 31 heavy (non-hydrogen) atoms. The maximum Gasteiger partial charge on any atom is 0.416 e. The fourth-order valence-electron chi connectivity index (χ4n) is 2.37. The Morgan fingerprint density at radius 1 is 1.06 bits per heavy atom. The Morgan fingerprint density at radius 2 is 1.65 bits per heavy atom. The molecule has 1 amide bonds. The number of nitro groups is 1. The maximum absolute atomic E-state index is 12.9. The molecule has 6 nitrogen and oxygen atoms in total. The molecule has 0 aliphatic rings. The number of hydrogen-bond acceptors (Lipinski definition) is 5. The number of nitro benzene ring substituents is 1. The van der Waals surface area contributed by atoms with Crippen molar-refractivity contribution in [2.75, 3.05) is 17.7 Å². The molecule has 0 saturated carbocycles. The van der Waals surface area contributed by atoms with Crippen LogP contribution in [0.3, 0.4) is 0 Å². The fourth-order valence-corrected chi connectivity index (χ4v) is 3.18. The summed E-state index contributed by atoms with van der Waals surface area (Å²) < 4.78 is 82.2. The van der Waals surface area contributed by atoms with E-state index in [4.69, 9.17) is 4.74 Å². The second-order valence-electron chi connectivity index (χ2n) is 5.92. The smallest absolute Gasteiger partial charge is 0.416 e. The number of halogens is 6. The van der Waals surface area contributed by atoms with Gasteiger partial charge in [0.2, 0.25) is 5.91 Å². The van der Waals surface area contributed by atoms with E-state index < -0.39 is 45.8 Å². The summed E-state index contributed by atoms with van der Waals surface area (Å²) in [6, 6.07) is 4.33. The highest BCUT2D eigenvalue weighted by molar-refractivity contribution is 8.00. The van der Waals surface area contributed by atoms with Crippen LogP contribution in [0.5, 0.6) is 5.75 Å². The first kappa shape index (κ1) is 24.3. The third kappa shape index (κ3) is 6.51. The van der Waals surface area contributed by atoms with Crippen LogP contribution in [0.1, 0.15) is 18.1 Å². The average Bonchev–Trinajstić information content (AvgIpc) is 2.66. The van der Waals surface area contributed by atoms with Gasteiger partial charge in [0.25, 0.3) is 5.69 Å². The number of alkyl halides is 6. The van der Waals surface area contributed by atoms with Crippen molar-refractivity contribution in [3.63, 3.8) is 0 Å². The second-order valence-corrected chi connectivity index (χ2v) is 6.93. The van der Waals surface area contributed by atoms with Crippen LogP contribution in [0.15, 0.2) is 41.3 Å². The molecule has 0 atom stereocenters. The largest absolute Gasteiger partial charge is 0.492 e. The zero-order valence-corrected chi connectivity index (χ0v) is 16.5. The van der Waals surface area contributed by atoms with Crippen LogP contribution in [0.2, 0.25) is 0 Å². The van der Waals surface area contributed by atoms with Crippen LogP contribution >= 0.6 is 11.8 Å². The molecule has 2 rings (SSSR count). The number of rotatable bonds is 7. The van der Waals surface area contributed by atoms with Gasteiger partial charge in [-0.1, -0.05) is 0 Å². The Balaban J connectivity index is 2.20. The van der Waals surface area contributed by atoms with Crippen molar-refractivity contribution >= 4 is 29.0 Å². The van der Waals surface area contributed by atoms with Gasteiger partial charge in [-0.15, -0.1) is 11.8 Å². The highest BCUT2D eigenvalue weighted by Crippen LogP contribution is 2.37. The normalized spacial score (nSPS) is 11.8. The van der Waals surface area contributed by atoms with E-state index >= 15 is 0 Å². The van der Waals surface area contributed by atoms with Crippen LogP contribution < -0.4 is 10.1 Å². The predicted molar refractivity (Wildman–Crippen MR) is 100 cm³/mol. The number of hydrogen-bond donors (Lipinski definition) is 1. The third-order valence-corrected chi connectivity index (χ3v) is 4.79. The van der Waals surface area contributed by atoms with Crippen molar-refractivity contribution in [3.05, 3.63) is 57.6 Å². The number of anilines is 1. The molecule has 0 heterocycles. The third-order valence-electron chi connectivity index (χ3n) is 3.72. The Hall–Kier alpha value is -2.96. The molecule has 0 bridgehead atoms. The molecule has 0 unspecified atom stereocenters. The SMILES string of the molecule is CCOc1ccc(C(F)(F)F)cc1NC(=O)CSc1ccc(C(F)(F)F)cc1[N+](=O)[O-]. The zero-order chi connectivity index (χ0) is 23.4. The molecular weight excluding hydrogens is 454 g/mol. The number of carbonyl (C=O) groups is 1. The highest BCUT2D eigenvalue weighted by Gasteiger charge is 2.33. The van der Waals surface area contributed by atoms with Crippen molar-refractivity contribution in [2.24, 2.45) is 0 Å². The summed E-state index contributed by atoms with van der Waals surface area (Å²) in [4.78, 5) is 22.1. The van der Waals surface area contributed by atoms with Gasteiger partial charge >= 0.3 is 12.4 Å². The van der Waals surface area contributed by atoms with E-state index in [-0.39, 0.29) is 22.9 Å². The minimum absolute atomic E-state index is 0.0191. The summed E-state index contributed by atoms with van der Waals surface area (Å²) in [5.41, 5.74) is -3.36. The molecule has 0 aliphatic heterocycles. The molecule has 0 spiro atoms. The first-order valence-electron chi connectivity index (χ1n) is 8.45. The molecule has 0 aliphatic carbocycles. The molecular formula is C18H14F6N2O4S. The van der Waals surface area contributed by atoms with Crippen LogP contribution in [0, 0.1) is 10.1 Å². The topological polar surface area (TPSA) is 81.5 Å². The molecule has 0 fully saturated rings. The number of carbonyl (C=O) groups excluding carboxylic acids is 1. The Kier molecular flexibility index (Phi) is 7.41. The molecule has 2 aromatic rings. The Bertz CT molecular complexity index is 978. The van der Waals surface area contributed by atoms with Crippen molar-refractivity contribution in [3.8, 4) is 5.75 Å². The lowest BCUT2D eigenvalue weighted by molar-refractivity contribution is -0.388. The molecule has 0 radical (unpaired) electrons. The van der Waals surface area contributed by atoms with E-state index in [0.717, 1.165) is 18.2 Å². The first-order chi connectivity index (χ1) is 14.3. The number of nitrogens with one attached hydrogen (secondary N) is 1. The molecule has 13 heteroatoms. The van der Waals surface area contributed by atoms with E-state index in [2.05, 4.69) is 5.32 Å². The van der Waals surface area contributed by atoms with Gasteiger partial charge in [0.15, 0.2) is 0 Å². The quantitative estimate of drug-likeness (QED) is 0.242. The van der Waals surface area contributed by atoms with E-state index in [0.29, 0.717) is 30.0 Å². The van der Waals surface area contributed by atoms with Crippen molar-refractivity contribution < 1.29 is 40.8 Å². The molecule has 0 saturated heterocycles. The monoisotopic (exact) mass is 468 g/mol. The lowest BCUT2D eigenvalue weighted by Crippen LogP contribution is -2.16. The van der Waals surface area contributed by atoms with Gasteiger partial charge in [0, 0.05) is 6.07 Å². The number of amides is 1. The van der Waals surface area contributed by atoms with Crippen LogP contribution in [-0.4, -0.2) is 23.2 Å². The van der Waals surface area contributed by atoms with Crippen LogP contribution in [-0.2, 0) is 17.1 Å². The second kappa shape index (κ2) is 9.45. The standard InChI is InChI=1S/C18H14F6N2O4S/c1-2-30-14-5-3-10(17(19,20)21)7-12(14)25-16(27)9-31-15-6-4-11(18(22,23)24)8-13(15)26(28)29/h3-8H,2,9H2,1H3,(H,25,27).